The van der Waals surface area contributed by atoms with Crippen LogP contribution >= 0.6 is 0 Å². The van der Waals surface area contributed by atoms with Gasteiger partial charge in [-0.3, -0.25) is 0 Å². The molecule has 0 aliphatic rings. The summed E-state index contributed by atoms with van der Waals surface area (Å²) >= 11 is -1.69. The summed E-state index contributed by atoms with van der Waals surface area (Å²) in [7, 11) is 0. The molecule has 0 spiro atoms. The Labute approximate surface area is 202 Å². The molecular formula is C24H18N4OTe2. The van der Waals surface area contributed by atoms with Crippen LogP contribution in [0.4, 0.5) is 22.7 Å². The molecule has 0 aliphatic carbocycles. The summed E-state index contributed by atoms with van der Waals surface area (Å²) in [5, 5.41) is 17.6. The number of hydrogen-bond donors (Lipinski definition) is 0. The van der Waals surface area contributed by atoms with Gasteiger partial charge in [0.1, 0.15) is 0 Å². The Morgan fingerprint density at radius 3 is 1.26 bits per heavy atom. The van der Waals surface area contributed by atoms with Crippen molar-refractivity contribution in [3.63, 3.8) is 0 Å². The molecule has 0 aromatic heterocycles. The monoisotopic (exact) mass is 638 g/mol. The molecule has 0 aliphatic heterocycles. The first-order valence-electron chi connectivity index (χ1n) is 9.51. The van der Waals surface area contributed by atoms with Crippen molar-refractivity contribution in [3.8, 4) is 0 Å². The van der Waals surface area contributed by atoms with Gasteiger partial charge in [-0.2, -0.15) is 0 Å². The fourth-order valence-electron chi connectivity index (χ4n) is 2.52. The van der Waals surface area contributed by atoms with Gasteiger partial charge in [-0.15, -0.1) is 0 Å². The van der Waals surface area contributed by atoms with Crippen LogP contribution in [0.1, 0.15) is 0 Å². The topological polar surface area (TPSA) is 58.7 Å². The van der Waals surface area contributed by atoms with Crippen LogP contribution in [0.25, 0.3) is 0 Å². The van der Waals surface area contributed by atoms with Crippen molar-refractivity contribution in [2.45, 2.75) is 0 Å². The molecule has 0 saturated heterocycles. The number of hydrogen-bond acceptors (Lipinski definition) is 5. The van der Waals surface area contributed by atoms with Gasteiger partial charge in [0.25, 0.3) is 0 Å². The first kappa shape index (κ1) is 21.8. The first-order valence-corrected chi connectivity index (χ1v) is 13.7. The van der Waals surface area contributed by atoms with Crippen LogP contribution in [0, 0.1) is 0 Å². The molecule has 0 N–H and O–H groups in total. The van der Waals surface area contributed by atoms with E-state index in [4.69, 9.17) is 1.47 Å². The minimum absolute atomic E-state index is 0.838. The minimum atomic E-state index is -0.843. The Morgan fingerprint density at radius 1 is 0.419 bits per heavy atom. The van der Waals surface area contributed by atoms with E-state index in [2.05, 4.69) is 32.6 Å². The van der Waals surface area contributed by atoms with Crippen molar-refractivity contribution in [2.75, 3.05) is 0 Å². The summed E-state index contributed by atoms with van der Waals surface area (Å²) in [5.41, 5.74) is 3.42. The summed E-state index contributed by atoms with van der Waals surface area (Å²) in [5.74, 6) is 0. The maximum absolute atomic E-state index is 6.25. The van der Waals surface area contributed by atoms with Gasteiger partial charge in [0.2, 0.25) is 0 Å². The average Bonchev–Trinajstić information content (AvgIpc) is 2.84. The molecule has 0 unspecified atom stereocenters. The second kappa shape index (κ2) is 11.9. The van der Waals surface area contributed by atoms with Crippen LogP contribution < -0.4 is 7.22 Å². The van der Waals surface area contributed by atoms with Crippen LogP contribution in [0.2, 0.25) is 0 Å². The van der Waals surface area contributed by atoms with E-state index in [1.807, 2.05) is 97.1 Å². The standard InChI is InChI=1S/C24H18N4OTe2/c1-3-11-19(12-4-1)25-27-21-15-7-9-17-23(21)30-29-31-24-18-10-8-16-22(24)28-26-20-13-5-2-6-14-20/h1-18H. The van der Waals surface area contributed by atoms with Gasteiger partial charge in [0, 0.05) is 0 Å². The van der Waals surface area contributed by atoms with E-state index in [1.54, 1.807) is 0 Å². The van der Waals surface area contributed by atoms with Gasteiger partial charge in [0.05, 0.1) is 0 Å². The molecule has 4 rings (SSSR count). The van der Waals surface area contributed by atoms with E-state index in [9.17, 15) is 0 Å². The van der Waals surface area contributed by atoms with Crippen molar-refractivity contribution in [1.29, 1.82) is 0 Å². The zero-order chi connectivity index (χ0) is 21.1. The quantitative estimate of drug-likeness (QED) is 0.181. The summed E-state index contributed by atoms with van der Waals surface area (Å²) in [6, 6.07) is 35.6. The Kier molecular flexibility index (Phi) is 8.36. The Bertz CT molecular complexity index is 1080. The van der Waals surface area contributed by atoms with Crippen LogP contribution in [0.15, 0.2) is 130 Å². The molecule has 5 nitrogen and oxygen atoms in total. The summed E-state index contributed by atoms with van der Waals surface area (Å²) in [6.07, 6.45) is 0. The van der Waals surface area contributed by atoms with E-state index in [1.165, 1.54) is 0 Å². The van der Waals surface area contributed by atoms with E-state index in [0.717, 1.165) is 30.0 Å². The fourth-order valence-corrected chi connectivity index (χ4v) is 8.37. The Morgan fingerprint density at radius 2 is 0.806 bits per heavy atom. The van der Waals surface area contributed by atoms with Crippen LogP contribution in [0.5, 0.6) is 0 Å². The molecule has 0 amide bonds. The molecule has 0 fully saturated rings. The van der Waals surface area contributed by atoms with Gasteiger partial charge in [0.15, 0.2) is 0 Å². The number of azo groups is 2. The normalized spacial score (nSPS) is 11.4. The molecule has 4 aromatic carbocycles. The maximum atomic E-state index is 6.25. The van der Waals surface area contributed by atoms with Crippen LogP contribution in [-0.4, -0.2) is 42.7 Å². The van der Waals surface area contributed by atoms with E-state index >= 15 is 0 Å². The van der Waals surface area contributed by atoms with Gasteiger partial charge in [-0.1, -0.05) is 0 Å². The van der Waals surface area contributed by atoms with Gasteiger partial charge in [-0.05, 0) is 0 Å². The molecule has 0 saturated carbocycles. The Hall–Kier alpha value is -2.38. The molecule has 31 heavy (non-hydrogen) atoms. The SMILES string of the molecule is c1ccc(N=Nc2ccccc2[Te]O[Te]c2ccccc2N=Nc2ccccc2)cc1. The predicted octanol–water partition coefficient (Wildman–Crippen LogP) is 5.72. The molecule has 0 atom stereocenters. The van der Waals surface area contributed by atoms with Crippen molar-refractivity contribution in [3.05, 3.63) is 109 Å². The fraction of sp³-hybridized carbons (Fsp3) is 0. The van der Waals surface area contributed by atoms with Crippen molar-refractivity contribution >= 4 is 72.6 Å². The second-order valence-electron chi connectivity index (χ2n) is 6.24. The van der Waals surface area contributed by atoms with Crippen molar-refractivity contribution in [1.82, 2.24) is 0 Å². The molecule has 7 heteroatoms. The van der Waals surface area contributed by atoms with Gasteiger partial charge >= 0.3 is 204 Å². The molecule has 152 valence electrons. The molecule has 0 bridgehead atoms. The Balaban J connectivity index is 1.41. The average molecular weight is 634 g/mol. The number of benzene rings is 4. The van der Waals surface area contributed by atoms with Crippen LogP contribution in [0.3, 0.4) is 0 Å². The van der Waals surface area contributed by atoms with E-state index < -0.39 is 42.7 Å². The summed E-state index contributed by atoms with van der Waals surface area (Å²) in [6.45, 7) is 0. The third-order valence-electron chi connectivity index (χ3n) is 4.04. The second-order valence-corrected chi connectivity index (χ2v) is 12.7. The summed E-state index contributed by atoms with van der Waals surface area (Å²) in [4.78, 5) is 0. The van der Waals surface area contributed by atoms with Gasteiger partial charge in [-0.25, -0.2) is 0 Å². The third kappa shape index (κ3) is 6.80. The summed E-state index contributed by atoms with van der Waals surface area (Å²) < 4.78 is 8.53. The van der Waals surface area contributed by atoms with E-state index in [-0.39, 0.29) is 0 Å². The first-order chi connectivity index (χ1) is 15.4. The number of rotatable bonds is 8. The van der Waals surface area contributed by atoms with Gasteiger partial charge < -0.3 is 0 Å². The predicted molar refractivity (Wildman–Crippen MR) is 126 cm³/mol. The zero-order valence-electron chi connectivity index (χ0n) is 16.4. The molecule has 0 radical (unpaired) electrons. The van der Waals surface area contributed by atoms with Crippen molar-refractivity contribution < 1.29 is 1.47 Å². The van der Waals surface area contributed by atoms with E-state index in [0.29, 0.717) is 0 Å². The number of nitrogens with zero attached hydrogens (tertiary/aromatic N) is 4. The van der Waals surface area contributed by atoms with Crippen LogP contribution in [-0.2, 0) is 1.47 Å². The van der Waals surface area contributed by atoms with Crippen molar-refractivity contribution in [2.24, 2.45) is 20.5 Å². The molecular weight excluding hydrogens is 615 g/mol. The zero-order valence-corrected chi connectivity index (χ0v) is 21.1. The molecule has 0 heterocycles. The third-order valence-corrected chi connectivity index (χ3v) is 10.0. The molecule has 4 aromatic rings.